The van der Waals surface area contributed by atoms with Crippen molar-refractivity contribution in [2.75, 3.05) is 30.5 Å². The number of hydrogen-bond acceptors (Lipinski definition) is 5. The molecule has 0 unspecified atom stereocenters. The molecule has 142 valence electrons. The molecule has 1 saturated heterocycles. The molecular weight excluding hydrogens is 352 g/mol. The molecule has 1 aliphatic heterocycles. The van der Waals surface area contributed by atoms with Crippen molar-refractivity contribution in [2.45, 2.75) is 6.42 Å². The van der Waals surface area contributed by atoms with Gasteiger partial charge in [0.2, 0.25) is 5.91 Å². The molecule has 1 heterocycles. The number of anilines is 2. The SMILES string of the molecule is COc1cc(NC(=O)[C@H]2[C@@H](C(=O)O)[C@H]3C=C[C@H]2C3)ccc1N1CCOC1=O. The van der Waals surface area contributed by atoms with E-state index in [1.807, 2.05) is 12.2 Å². The number of carboxylic acids is 1. The van der Waals surface area contributed by atoms with Crippen LogP contribution >= 0.6 is 0 Å². The van der Waals surface area contributed by atoms with Crippen LogP contribution in [0.3, 0.4) is 0 Å². The van der Waals surface area contributed by atoms with Gasteiger partial charge in [-0.1, -0.05) is 12.2 Å². The average molecular weight is 372 g/mol. The molecule has 1 aromatic rings. The quantitative estimate of drug-likeness (QED) is 0.767. The molecule has 2 amide bonds. The predicted octanol–water partition coefficient (Wildman–Crippen LogP) is 2.11. The highest BCUT2D eigenvalue weighted by molar-refractivity contribution is 5.97. The van der Waals surface area contributed by atoms with Crippen LogP contribution in [0.4, 0.5) is 16.2 Å². The molecule has 0 radical (unpaired) electrons. The van der Waals surface area contributed by atoms with E-state index in [-0.39, 0.29) is 17.7 Å². The van der Waals surface area contributed by atoms with Gasteiger partial charge in [-0.3, -0.25) is 14.5 Å². The van der Waals surface area contributed by atoms with Gasteiger partial charge in [-0.15, -0.1) is 0 Å². The number of carbonyl (C=O) groups is 3. The molecule has 27 heavy (non-hydrogen) atoms. The summed E-state index contributed by atoms with van der Waals surface area (Å²) in [5.41, 5.74) is 1.05. The van der Waals surface area contributed by atoms with Gasteiger partial charge in [-0.25, -0.2) is 4.79 Å². The minimum absolute atomic E-state index is 0.0448. The first kappa shape index (κ1) is 17.4. The fourth-order valence-electron chi connectivity index (χ4n) is 4.33. The average Bonchev–Trinajstić information content (AvgIpc) is 3.37. The van der Waals surface area contributed by atoms with Crippen molar-refractivity contribution in [2.24, 2.45) is 23.7 Å². The Morgan fingerprint density at radius 2 is 2.00 bits per heavy atom. The molecule has 8 heteroatoms. The van der Waals surface area contributed by atoms with E-state index in [0.29, 0.717) is 36.7 Å². The Morgan fingerprint density at radius 3 is 2.63 bits per heavy atom. The number of methoxy groups -OCH3 is 1. The largest absolute Gasteiger partial charge is 0.494 e. The van der Waals surface area contributed by atoms with Gasteiger partial charge in [0.1, 0.15) is 12.4 Å². The summed E-state index contributed by atoms with van der Waals surface area (Å²) in [6.07, 6.45) is 4.11. The topological polar surface area (TPSA) is 105 Å². The van der Waals surface area contributed by atoms with Crippen molar-refractivity contribution in [3.63, 3.8) is 0 Å². The fraction of sp³-hybridized carbons (Fsp3) is 0.421. The molecule has 1 saturated carbocycles. The van der Waals surface area contributed by atoms with Crippen LogP contribution in [0.5, 0.6) is 5.75 Å². The summed E-state index contributed by atoms with van der Waals surface area (Å²) in [5, 5.41) is 12.3. The Balaban J connectivity index is 1.54. The Hall–Kier alpha value is -3.03. The van der Waals surface area contributed by atoms with Gasteiger partial charge < -0.3 is 19.9 Å². The molecule has 0 spiro atoms. The summed E-state index contributed by atoms with van der Waals surface area (Å²) < 4.78 is 10.3. The Kier molecular flexibility index (Phi) is 4.25. The van der Waals surface area contributed by atoms with Crippen molar-refractivity contribution in [1.29, 1.82) is 0 Å². The van der Waals surface area contributed by atoms with Crippen molar-refractivity contribution >= 4 is 29.3 Å². The molecule has 2 N–H and O–H groups in total. The molecular formula is C19H20N2O6. The second-order valence-corrected chi connectivity index (χ2v) is 6.98. The van der Waals surface area contributed by atoms with E-state index in [9.17, 15) is 19.5 Å². The summed E-state index contributed by atoms with van der Waals surface area (Å²) in [6.45, 7) is 0.744. The number of carbonyl (C=O) groups excluding carboxylic acids is 2. The maximum absolute atomic E-state index is 12.8. The van der Waals surface area contributed by atoms with Crippen molar-refractivity contribution < 1.29 is 29.0 Å². The number of rotatable bonds is 5. The van der Waals surface area contributed by atoms with E-state index in [0.717, 1.165) is 0 Å². The standard InChI is InChI=1S/C19H20N2O6/c1-26-14-9-12(4-5-13(14)21-6-7-27-19(21)25)20-17(22)15-10-2-3-11(8-10)16(15)18(23)24/h2-5,9-11,15-16H,6-8H2,1H3,(H,20,22)(H,23,24)/t10-,11-,15+,16-/m0/s1. The number of carboxylic acid groups (broad SMARTS) is 1. The smallest absolute Gasteiger partial charge is 0.414 e. The van der Waals surface area contributed by atoms with Crippen LogP contribution in [-0.4, -0.2) is 43.3 Å². The van der Waals surface area contributed by atoms with Crippen LogP contribution in [0, 0.1) is 23.7 Å². The third kappa shape index (κ3) is 2.90. The number of cyclic esters (lactones) is 1. The lowest BCUT2D eigenvalue weighted by Crippen LogP contribution is -2.36. The maximum Gasteiger partial charge on any atom is 0.414 e. The van der Waals surface area contributed by atoms with Gasteiger partial charge in [0, 0.05) is 11.8 Å². The van der Waals surface area contributed by atoms with E-state index >= 15 is 0 Å². The number of benzene rings is 1. The van der Waals surface area contributed by atoms with Gasteiger partial charge in [0.25, 0.3) is 0 Å². The lowest BCUT2D eigenvalue weighted by molar-refractivity contribution is -0.146. The van der Waals surface area contributed by atoms with Crippen molar-refractivity contribution in [3.8, 4) is 5.75 Å². The first-order valence-electron chi connectivity index (χ1n) is 8.84. The minimum Gasteiger partial charge on any atom is -0.494 e. The molecule has 4 rings (SSSR count). The van der Waals surface area contributed by atoms with Crippen LogP contribution in [0.2, 0.25) is 0 Å². The van der Waals surface area contributed by atoms with E-state index in [1.165, 1.54) is 12.0 Å². The Morgan fingerprint density at radius 1 is 1.26 bits per heavy atom. The number of allylic oxidation sites excluding steroid dienone is 2. The minimum atomic E-state index is -0.938. The number of hydrogen-bond donors (Lipinski definition) is 2. The van der Waals surface area contributed by atoms with Crippen molar-refractivity contribution in [1.82, 2.24) is 0 Å². The van der Waals surface area contributed by atoms with Gasteiger partial charge in [-0.05, 0) is 30.4 Å². The second-order valence-electron chi connectivity index (χ2n) is 6.98. The van der Waals surface area contributed by atoms with Gasteiger partial charge in [0.15, 0.2) is 0 Å². The van der Waals surface area contributed by atoms with E-state index in [2.05, 4.69) is 5.32 Å². The van der Waals surface area contributed by atoms with Crippen LogP contribution in [0.25, 0.3) is 0 Å². The molecule has 8 nitrogen and oxygen atoms in total. The zero-order valence-corrected chi connectivity index (χ0v) is 14.8. The van der Waals surface area contributed by atoms with Gasteiger partial charge in [-0.2, -0.15) is 0 Å². The molecule has 3 aliphatic rings. The molecule has 4 atom stereocenters. The lowest BCUT2D eigenvalue weighted by Gasteiger charge is -2.24. The number of aliphatic carboxylic acids is 1. The van der Waals surface area contributed by atoms with Crippen LogP contribution in [0.1, 0.15) is 6.42 Å². The first-order chi connectivity index (χ1) is 13.0. The van der Waals surface area contributed by atoms with Crippen LogP contribution in [0.15, 0.2) is 30.4 Å². The molecule has 2 fully saturated rings. The van der Waals surface area contributed by atoms with E-state index in [4.69, 9.17) is 9.47 Å². The number of ether oxygens (including phenoxy) is 2. The third-order valence-corrected chi connectivity index (χ3v) is 5.55. The number of nitrogens with zero attached hydrogens (tertiary/aromatic N) is 1. The Bertz CT molecular complexity index is 835. The zero-order chi connectivity index (χ0) is 19.1. The van der Waals surface area contributed by atoms with Crippen LogP contribution < -0.4 is 15.0 Å². The fourth-order valence-corrected chi connectivity index (χ4v) is 4.33. The predicted molar refractivity (Wildman–Crippen MR) is 95.7 cm³/mol. The van der Waals surface area contributed by atoms with Gasteiger partial charge in [0.05, 0.1) is 31.2 Å². The second kappa shape index (κ2) is 6.61. The highest BCUT2D eigenvalue weighted by Gasteiger charge is 2.51. The number of nitrogens with one attached hydrogen (secondary N) is 1. The highest BCUT2D eigenvalue weighted by Crippen LogP contribution is 2.48. The normalized spacial score (nSPS) is 28.3. The summed E-state index contributed by atoms with van der Waals surface area (Å²) in [5.74, 6) is -2.23. The zero-order valence-electron chi connectivity index (χ0n) is 14.8. The Labute approximate surface area is 155 Å². The first-order valence-corrected chi connectivity index (χ1v) is 8.84. The molecule has 1 aromatic carbocycles. The highest BCUT2D eigenvalue weighted by atomic mass is 16.6. The van der Waals surface area contributed by atoms with E-state index < -0.39 is 23.9 Å². The summed E-state index contributed by atoms with van der Waals surface area (Å²) in [7, 11) is 1.48. The molecule has 0 aromatic heterocycles. The summed E-state index contributed by atoms with van der Waals surface area (Å²) in [6, 6.07) is 4.97. The van der Waals surface area contributed by atoms with Gasteiger partial charge >= 0.3 is 12.1 Å². The molecule has 2 bridgehead atoms. The number of amides is 2. The van der Waals surface area contributed by atoms with E-state index in [1.54, 1.807) is 18.2 Å². The number of fused-ring (bicyclic) bond motifs is 2. The lowest BCUT2D eigenvalue weighted by atomic mass is 9.82. The molecule has 2 aliphatic carbocycles. The monoisotopic (exact) mass is 372 g/mol. The summed E-state index contributed by atoms with van der Waals surface area (Å²) >= 11 is 0. The van der Waals surface area contributed by atoms with Crippen LogP contribution in [-0.2, 0) is 14.3 Å². The van der Waals surface area contributed by atoms with Crippen molar-refractivity contribution in [3.05, 3.63) is 30.4 Å². The summed E-state index contributed by atoms with van der Waals surface area (Å²) in [4.78, 5) is 37.6. The third-order valence-electron chi connectivity index (χ3n) is 5.55. The maximum atomic E-state index is 12.8.